The van der Waals surface area contributed by atoms with Gasteiger partial charge in [0.15, 0.2) is 0 Å². The molecule has 1 amide bonds. The Morgan fingerprint density at radius 2 is 2.00 bits per heavy atom. The highest BCUT2D eigenvalue weighted by Gasteiger charge is 2.40. The van der Waals surface area contributed by atoms with Gasteiger partial charge in [-0.1, -0.05) is 13.8 Å². The molecule has 116 valence electrons. The lowest BCUT2D eigenvalue weighted by atomic mass is 10.0. The number of amides is 1. The summed E-state index contributed by atoms with van der Waals surface area (Å²) in [6, 6.07) is -0.475. The van der Waals surface area contributed by atoms with Crippen molar-refractivity contribution in [1.29, 1.82) is 0 Å². The number of nitrogens with zero attached hydrogens (tertiary/aromatic N) is 1. The average Bonchev–Trinajstić information content (AvgIpc) is 2.88. The normalized spacial score (nSPS) is 25.4. The van der Waals surface area contributed by atoms with Crippen molar-refractivity contribution in [3.8, 4) is 0 Å². The number of likely N-dealkylation sites (N-methyl/N-ethyl adjacent to an activating group) is 1. The van der Waals surface area contributed by atoms with Gasteiger partial charge >= 0.3 is 5.97 Å². The van der Waals surface area contributed by atoms with Crippen molar-refractivity contribution in [1.82, 2.24) is 10.2 Å². The van der Waals surface area contributed by atoms with Crippen molar-refractivity contribution in [2.45, 2.75) is 52.2 Å². The smallest absolute Gasteiger partial charge is 0.310 e. The second-order valence-corrected chi connectivity index (χ2v) is 5.37. The van der Waals surface area contributed by atoms with E-state index in [-0.39, 0.29) is 30.6 Å². The van der Waals surface area contributed by atoms with Crippen LogP contribution in [0.15, 0.2) is 0 Å². The number of nitrogens with one attached hydrogen (secondary N) is 1. The number of carboxylic acid groups (broad SMARTS) is 1. The molecule has 0 bridgehead atoms. The zero-order valence-corrected chi connectivity index (χ0v) is 12.8. The van der Waals surface area contributed by atoms with Gasteiger partial charge in [0.25, 0.3) is 0 Å². The lowest BCUT2D eigenvalue weighted by Crippen LogP contribution is -2.54. The minimum absolute atomic E-state index is 0.0581. The first-order valence-corrected chi connectivity index (χ1v) is 7.28. The molecule has 20 heavy (non-hydrogen) atoms. The molecule has 0 aromatic rings. The number of rotatable bonds is 7. The molecule has 0 saturated carbocycles. The molecular weight excluding hydrogens is 260 g/mol. The van der Waals surface area contributed by atoms with Crippen LogP contribution in [0.25, 0.3) is 0 Å². The van der Waals surface area contributed by atoms with E-state index in [1.54, 1.807) is 0 Å². The summed E-state index contributed by atoms with van der Waals surface area (Å²) < 4.78 is 5.29. The van der Waals surface area contributed by atoms with Gasteiger partial charge in [0, 0.05) is 12.1 Å². The van der Waals surface area contributed by atoms with Crippen LogP contribution >= 0.6 is 0 Å². The molecule has 0 aromatic heterocycles. The Morgan fingerprint density at radius 1 is 1.35 bits per heavy atom. The number of aliphatic carboxylic acids is 1. The largest absolute Gasteiger partial charge is 0.481 e. The van der Waals surface area contributed by atoms with Gasteiger partial charge in [0.2, 0.25) is 5.91 Å². The highest BCUT2D eigenvalue weighted by Crippen LogP contribution is 2.22. The fourth-order valence-electron chi connectivity index (χ4n) is 2.52. The molecule has 1 aliphatic heterocycles. The van der Waals surface area contributed by atoms with Crippen molar-refractivity contribution < 1.29 is 19.4 Å². The predicted molar refractivity (Wildman–Crippen MR) is 75.5 cm³/mol. The molecule has 2 N–H and O–H groups in total. The summed E-state index contributed by atoms with van der Waals surface area (Å²) in [6.07, 6.45) is 0.870. The summed E-state index contributed by atoms with van der Waals surface area (Å²) in [5, 5.41) is 12.2. The average molecular weight is 286 g/mol. The van der Waals surface area contributed by atoms with Gasteiger partial charge in [-0.25, -0.2) is 0 Å². The first-order chi connectivity index (χ1) is 9.42. The van der Waals surface area contributed by atoms with E-state index in [2.05, 4.69) is 5.32 Å². The summed E-state index contributed by atoms with van der Waals surface area (Å²) >= 11 is 0. The standard InChI is InChI=1S/C14H26N2O4/c1-5-9(3)15-13(17)10(4)16(6-2)12-8-20-7-11(12)14(18)19/h9-12H,5-8H2,1-4H3,(H,15,17)(H,18,19). The number of ether oxygens (including phenoxy) is 1. The van der Waals surface area contributed by atoms with Crippen molar-refractivity contribution in [2.75, 3.05) is 19.8 Å². The molecule has 1 fully saturated rings. The Kier molecular flexibility index (Phi) is 6.42. The Bertz CT molecular complexity index is 348. The van der Waals surface area contributed by atoms with Crippen LogP contribution in [0.1, 0.15) is 34.1 Å². The van der Waals surface area contributed by atoms with Crippen LogP contribution in [0.4, 0.5) is 0 Å². The fourth-order valence-corrected chi connectivity index (χ4v) is 2.52. The number of hydrogen-bond donors (Lipinski definition) is 2. The second kappa shape index (κ2) is 7.59. The van der Waals surface area contributed by atoms with E-state index in [0.717, 1.165) is 6.42 Å². The Hall–Kier alpha value is -1.14. The van der Waals surface area contributed by atoms with Gasteiger partial charge in [0.1, 0.15) is 0 Å². The predicted octanol–water partition coefficient (Wildman–Crippen LogP) is 0.711. The molecule has 6 nitrogen and oxygen atoms in total. The minimum Gasteiger partial charge on any atom is -0.481 e. The van der Waals surface area contributed by atoms with Gasteiger partial charge in [-0.3, -0.25) is 14.5 Å². The maximum atomic E-state index is 12.2. The third-order valence-corrected chi connectivity index (χ3v) is 4.04. The zero-order chi connectivity index (χ0) is 15.3. The van der Waals surface area contributed by atoms with Crippen molar-refractivity contribution >= 4 is 11.9 Å². The number of carbonyl (C=O) groups is 2. The zero-order valence-electron chi connectivity index (χ0n) is 12.8. The number of carboxylic acids is 1. The van der Waals surface area contributed by atoms with Gasteiger partial charge in [-0.2, -0.15) is 0 Å². The minimum atomic E-state index is -0.861. The molecule has 1 heterocycles. The highest BCUT2D eigenvalue weighted by atomic mass is 16.5. The summed E-state index contributed by atoms with van der Waals surface area (Å²) in [4.78, 5) is 25.4. The molecule has 0 aliphatic carbocycles. The Morgan fingerprint density at radius 3 is 2.50 bits per heavy atom. The van der Waals surface area contributed by atoms with E-state index in [4.69, 9.17) is 4.74 Å². The molecule has 0 aromatic carbocycles. The van der Waals surface area contributed by atoms with Crippen molar-refractivity contribution in [3.63, 3.8) is 0 Å². The third-order valence-electron chi connectivity index (χ3n) is 4.04. The maximum absolute atomic E-state index is 12.2. The van der Waals surface area contributed by atoms with Crippen LogP contribution in [-0.2, 0) is 14.3 Å². The van der Waals surface area contributed by atoms with Crippen LogP contribution in [0.2, 0.25) is 0 Å². The SMILES string of the molecule is CCC(C)NC(=O)C(C)N(CC)C1COCC1C(=O)O. The van der Waals surface area contributed by atoms with Crippen LogP contribution in [0.5, 0.6) is 0 Å². The Balaban J connectivity index is 2.73. The summed E-state index contributed by atoms with van der Waals surface area (Å²) in [6.45, 7) is 8.93. The Labute approximate surface area is 120 Å². The molecule has 4 unspecified atom stereocenters. The molecule has 0 spiro atoms. The first kappa shape index (κ1) is 16.9. The van der Waals surface area contributed by atoms with E-state index in [0.29, 0.717) is 13.2 Å². The fraction of sp³-hybridized carbons (Fsp3) is 0.857. The van der Waals surface area contributed by atoms with Crippen LogP contribution < -0.4 is 5.32 Å². The quantitative estimate of drug-likeness (QED) is 0.720. The molecule has 1 rings (SSSR count). The highest BCUT2D eigenvalue weighted by molar-refractivity contribution is 5.81. The van der Waals surface area contributed by atoms with Crippen LogP contribution in [0.3, 0.4) is 0 Å². The number of hydrogen-bond acceptors (Lipinski definition) is 4. The number of carbonyl (C=O) groups excluding carboxylic acids is 1. The van der Waals surface area contributed by atoms with Gasteiger partial charge in [-0.05, 0) is 26.8 Å². The van der Waals surface area contributed by atoms with Gasteiger partial charge in [-0.15, -0.1) is 0 Å². The third kappa shape index (κ3) is 3.93. The monoisotopic (exact) mass is 286 g/mol. The molecule has 4 atom stereocenters. The summed E-state index contributed by atoms with van der Waals surface area (Å²) in [5.74, 6) is -1.48. The van der Waals surface area contributed by atoms with E-state index in [9.17, 15) is 14.7 Å². The topological polar surface area (TPSA) is 78.9 Å². The molecule has 1 saturated heterocycles. The molecular formula is C14H26N2O4. The summed E-state index contributed by atoms with van der Waals surface area (Å²) in [7, 11) is 0. The second-order valence-electron chi connectivity index (χ2n) is 5.37. The van der Waals surface area contributed by atoms with Gasteiger partial charge < -0.3 is 15.2 Å². The molecule has 0 radical (unpaired) electrons. The maximum Gasteiger partial charge on any atom is 0.310 e. The van der Waals surface area contributed by atoms with Crippen molar-refractivity contribution in [3.05, 3.63) is 0 Å². The van der Waals surface area contributed by atoms with Crippen LogP contribution in [0, 0.1) is 5.92 Å². The lowest BCUT2D eigenvalue weighted by Gasteiger charge is -2.34. The molecule has 6 heteroatoms. The lowest BCUT2D eigenvalue weighted by molar-refractivity contribution is -0.144. The first-order valence-electron chi connectivity index (χ1n) is 7.28. The molecule has 1 aliphatic rings. The van der Waals surface area contributed by atoms with Gasteiger partial charge in [0.05, 0.1) is 25.2 Å². The van der Waals surface area contributed by atoms with E-state index >= 15 is 0 Å². The van der Waals surface area contributed by atoms with Crippen molar-refractivity contribution in [2.24, 2.45) is 5.92 Å². The summed E-state index contributed by atoms with van der Waals surface area (Å²) in [5.41, 5.74) is 0. The van der Waals surface area contributed by atoms with Crippen LogP contribution in [-0.4, -0.2) is 59.8 Å². The van der Waals surface area contributed by atoms with E-state index < -0.39 is 11.9 Å². The van der Waals surface area contributed by atoms with E-state index in [1.165, 1.54) is 0 Å². The van der Waals surface area contributed by atoms with E-state index in [1.807, 2.05) is 32.6 Å².